The van der Waals surface area contributed by atoms with Crippen LogP contribution in [0.2, 0.25) is 0 Å². The van der Waals surface area contributed by atoms with E-state index in [2.05, 4.69) is 5.32 Å². The lowest BCUT2D eigenvalue weighted by Gasteiger charge is -2.66. The van der Waals surface area contributed by atoms with Crippen molar-refractivity contribution >= 4 is 35.4 Å². The smallest absolute Gasteiger partial charge is 0.338 e. The first-order chi connectivity index (χ1) is 26.8. The number of ether oxygens (including phenoxy) is 4. The number of amides is 1. The summed E-state index contributed by atoms with van der Waals surface area (Å²) in [7, 11) is 0. The number of carbonyl (C=O) groups is 6. The van der Waals surface area contributed by atoms with Crippen molar-refractivity contribution in [2.24, 2.45) is 16.7 Å². The highest BCUT2D eigenvalue weighted by atomic mass is 16.6. The van der Waals surface area contributed by atoms with E-state index in [4.69, 9.17) is 18.9 Å². The van der Waals surface area contributed by atoms with E-state index >= 15 is 0 Å². The van der Waals surface area contributed by atoms with Crippen LogP contribution in [0.3, 0.4) is 0 Å². The molecule has 14 nitrogen and oxygen atoms in total. The zero-order valence-corrected chi connectivity index (χ0v) is 32.9. The van der Waals surface area contributed by atoms with E-state index in [-0.39, 0.29) is 29.7 Å². The number of aliphatic hydroxyl groups excluding tert-OH is 2. The van der Waals surface area contributed by atoms with Crippen LogP contribution in [0.1, 0.15) is 83.3 Å². The van der Waals surface area contributed by atoms with Crippen molar-refractivity contribution in [3.8, 4) is 0 Å². The topological polar surface area (TPSA) is 212 Å². The van der Waals surface area contributed by atoms with Crippen LogP contribution in [0.25, 0.3) is 0 Å². The molecule has 1 aliphatic heterocycles. The fourth-order valence-corrected chi connectivity index (χ4v) is 9.30. The second kappa shape index (κ2) is 15.1. The number of hydrogen-bond donors (Lipinski definition) is 4. The number of aliphatic hydroxyl groups is 3. The lowest BCUT2D eigenvalue weighted by Crippen LogP contribution is -2.81. The number of nitrogens with one attached hydrogen (secondary N) is 1. The molecule has 1 amide bonds. The molecule has 2 bridgehead atoms. The lowest BCUT2D eigenvalue weighted by atomic mass is 9.45. The fraction of sp³-hybridized carbons (Fsp3) is 0.488. The van der Waals surface area contributed by atoms with Crippen LogP contribution in [-0.2, 0) is 42.9 Å². The third-order valence-corrected chi connectivity index (χ3v) is 12.8. The molecular formula is C43H49NO13. The zero-order valence-electron chi connectivity index (χ0n) is 32.9. The van der Waals surface area contributed by atoms with E-state index in [0.29, 0.717) is 11.1 Å². The second-order valence-corrected chi connectivity index (χ2v) is 16.2. The Balaban J connectivity index is 1.51. The number of benzene rings is 2. The van der Waals surface area contributed by atoms with Gasteiger partial charge in [0.15, 0.2) is 11.7 Å². The van der Waals surface area contributed by atoms with E-state index in [1.54, 1.807) is 68.5 Å². The highest BCUT2D eigenvalue weighted by molar-refractivity contribution is 6.46. The fourth-order valence-electron chi connectivity index (χ4n) is 9.30. The van der Waals surface area contributed by atoms with E-state index in [9.17, 15) is 44.1 Å². The van der Waals surface area contributed by atoms with Gasteiger partial charge in [-0.3, -0.25) is 19.2 Å². The maximum atomic E-state index is 14.8. The Morgan fingerprint density at radius 3 is 2.14 bits per heavy atom. The predicted molar refractivity (Wildman–Crippen MR) is 201 cm³/mol. The van der Waals surface area contributed by atoms with Gasteiger partial charge in [0.1, 0.15) is 23.9 Å². The summed E-state index contributed by atoms with van der Waals surface area (Å²) in [5, 5.41) is 39.4. The Labute approximate surface area is 330 Å². The normalized spacial score (nSPS) is 32.9. The number of rotatable bonds is 9. The molecule has 1 heterocycles. The summed E-state index contributed by atoms with van der Waals surface area (Å²) < 4.78 is 24.0. The molecule has 4 aliphatic rings. The summed E-state index contributed by atoms with van der Waals surface area (Å²) in [4.78, 5) is 83.5. The van der Waals surface area contributed by atoms with Crippen molar-refractivity contribution in [3.63, 3.8) is 0 Å². The number of hydrogen-bond acceptors (Lipinski definition) is 13. The summed E-state index contributed by atoms with van der Waals surface area (Å²) in [5.41, 5.74) is -7.38. The van der Waals surface area contributed by atoms with Crippen LogP contribution < -0.4 is 5.32 Å². The molecule has 3 aliphatic carbocycles. The standard InChI is InChI=1S/C43H49NO13/c1-8-22(2)37(50)44-31(25-15-11-9-12-16-25)33(48)39(52)55-27-20-43(53)36(56-38(51)26-17-13-10-14-18-26)34-41(7,35(49)32(47)30(23(27)3)40(43,5)6)28(46)19-29-42(34,21-54-29)57-24(4)45/h8-18,27-29,31,33-34,36,46,48,53H,19-21H2,1-7H3,(H,44,50)/b22-8+/t27-,28+,29+,31-,33+,34-,36-,41+,42-,43+/m0/s1. The van der Waals surface area contributed by atoms with Gasteiger partial charge in [-0.25, -0.2) is 9.59 Å². The second-order valence-electron chi connectivity index (χ2n) is 16.2. The van der Waals surface area contributed by atoms with Gasteiger partial charge in [0, 0.05) is 36.3 Å². The number of allylic oxidation sites excluding steroid dienone is 1. The van der Waals surface area contributed by atoms with Crippen molar-refractivity contribution in [1.82, 2.24) is 5.32 Å². The van der Waals surface area contributed by atoms with E-state index in [1.165, 1.54) is 39.8 Å². The molecule has 3 fully saturated rings. The minimum atomic E-state index is -2.40. The van der Waals surface area contributed by atoms with Crippen molar-refractivity contribution in [1.29, 1.82) is 0 Å². The third-order valence-electron chi connectivity index (χ3n) is 12.8. The number of Topliss-reactive ketones (excluding diaryl/α,β-unsaturated/α-hetero) is 2. The van der Waals surface area contributed by atoms with Crippen LogP contribution in [0.4, 0.5) is 0 Å². The molecule has 6 rings (SSSR count). The van der Waals surface area contributed by atoms with E-state index < -0.39 is 106 Å². The molecule has 10 atom stereocenters. The molecule has 1 saturated heterocycles. The molecule has 0 unspecified atom stereocenters. The quantitative estimate of drug-likeness (QED) is 0.125. The first-order valence-electron chi connectivity index (χ1n) is 18.9. The van der Waals surface area contributed by atoms with Crippen LogP contribution in [-0.4, -0.2) is 99.0 Å². The molecule has 0 spiro atoms. The van der Waals surface area contributed by atoms with Gasteiger partial charge in [0.2, 0.25) is 17.5 Å². The van der Waals surface area contributed by atoms with Crippen LogP contribution in [0.15, 0.2) is 83.5 Å². The SMILES string of the molecule is C/C=C(\C)C(=O)N[C@@H](c1ccccc1)[C@@H](O)C(=O)O[C@H]1C[C@@]2(O)[C@@H](OC(=O)c3ccccc3)[C@@H]3[C@]4(OC(C)=O)CO[C@@H]4C[C@@H](O)[C@@]3(C)C(=O)C(=O)C(=C1C)C2(C)C. The van der Waals surface area contributed by atoms with Crippen molar-refractivity contribution in [2.45, 2.75) is 109 Å². The predicted octanol–water partition coefficient (Wildman–Crippen LogP) is 3.03. The first-order valence-corrected chi connectivity index (χ1v) is 18.9. The summed E-state index contributed by atoms with van der Waals surface area (Å²) in [6, 6.07) is 14.8. The Morgan fingerprint density at radius 2 is 1.58 bits per heavy atom. The van der Waals surface area contributed by atoms with Gasteiger partial charge in [0.05, 0.1) is 35.6 Å². The first kappa shape index (κ1) is 41.6. The van der Waals surface area contributed by atoms with Crippen molar-refractivity contribution < 1.29 is 63.0 Å². The summed E-state index contributed by atoms with van der Waals surface area (Å²) in [6.45, 7) is 9.82. The molecule has 0 radical (unpaired) electrons. The van der Waals surface area contributed by atoms with Crippen LogP contribution in [0.5, 0.6) is 0 Å². The number of ketones is 2. The largest absolute Gasteiger partial charge is 0.456 e. The van der Waals surface area contributed by atoms with Crippen molar-refractivity contribution in [2.75, 3.05) is 6.61 Å². The molecule has 2 aromatic rings. The van der Waals surface area contributed by atoms with Gasteiger partial charge in [-0.2, -0.15) is 0 Å². The van der Waals surface area contributed by atoms with Gasteiger partial charge in [0.25, 0.3) is 0 Å². The van der Waals surface area contributed by atoms with E-state index in [0.717, 1.165) is 6.92 Å². The minimum Gasteiger partial charge on any atom is -0.456 e. The van der Waals surface area contributed by atoms with Crippen molar-refractivity contribution in [3.05, 3.63) is 94.6 Å². The molecule has 57 heavy (non-hydrogen) atoms. The Kier molecular flexibility index (Phi) is 11.0. The maximum Gasteiger partial charge on any atom is 0.338 e. The molecular weight excluding hydrogens is 738 g/mol. The number of carbonyl (C=O) groups excluding carboxylic acids is 6. The van der Waals surface area contributed by atoms with Crippen LogP contribution >= 0.6 is 0 Å². The summed E-state index contributed by atoms with van der Waals surface area (Å²) >= 11 is 0. The van der Waals surface area contributed by atoms with Gasteiger partial charge in [-0.05, 0) is 51.0 Å². The molecule has 304 valence electrons. The Morgan fingerprint density at radius 1 is 0.965 bits per heavy atom. The zero-order chi connectivity index (χ0) is 41.8. The maximum absolute atomic E-state index is 14.8. The molecule has 4 N–H and O–H groups in total. The highest BCUT2D eigenvalue weighted by Gasteiger charge is 2.78. The van der Waals surface area contributed by atoms with Gasteiger partial charge >= 0.3 is 17.9 Å². The molecule has 2 aromatic carbocycles. The van der Waals surface area contributed by atoms with E-state index in [1.807, 2.05) is 0 Å². The third kappa shape index (κ3) is 6.61. The Bertz CT molecular complexity index is 2040. The average Bonchev–Trinajstić information content (AvgIpc) is 3.18. The Hall–Kier alpha value is -5.02. The van der Waals surface area contributed by atoms with Gasteiger partial charge in [-0.15, -0.1) is 0 Å². The van der Waals surface area contributed by atoms with Crippen LogP contribution in [0, 0.1) is 16.7 Å². The number of fused-ring (bicyclic) bond motifs is 5. The molecule has 2 saturated carbocycles. The van der Waals surface area contributed by atoms with Gasteiger partial charge < -0.3 is 39.6 Å². The monoisotopic (exact) mass is 787 g/mol. The summed E-state index contributed by atoms with van der Waals surface area (Å²) in [5.74, 6) is -7.27. The molecule has 0 aromatic heterocycles. The molecule has 14 heteroatoms. The minimum absolute atomic E-state index is 0.0698. The number of esters is 3. The highest BCUT2D eigenvalue weighted by Crippen LogP contribution is 2.63. The lowest BCUT2D eigenvalue weighted by molar-refractivity contribution is -0.343. The van der Waals surface area contributed by atoms with Gasteiger partial charge in [-0.1, -0.05) is 68.5 Å². The summed E-state index contributed by atoms with van der Waals surface area (Å²) in [6.07, 6.45) is -7.14. The average molecular weight is 788 g/mol.